The van der Waals surface area contributed by atoms with Crippen LogP contribution in [-0.2, 0) is 0 Å². The summed E-state index contributed by atoms with van der Waals surface area (Å²) in [5, 5.41) is 3.78. The predicted octanol–water partition coefficient (Wildman–Crippen LogP) is 4.22. The number of piperazine rings is 1. The molecule has 2 aliphatic heterocycles. The Bertz CT molecular complexity index is 732. The van der Waals surface area contributed by atoms with E-state index in [-0.39, 0.29) is 0 Å². The zero-order chi connectivity index (χ0) is 19.9. The average molecular weight is 416 g/mol. The molecule has 5 nitrogen and oxygen atoms in total. The van der Waals surface area contributed by atoms with Crippen LogP contribution >= 0.6 is 11.5 Å². The molecule has 0 radical (unpaired) electrons. The van der Waals surface area contributed by atoms with Crippen molar-refractivity contribution in [2.45, 2.75) is 45.4 Å². The molecule has 0 bridgehead atoms. The van der Waals surface area contributed by atoms with E-state index >= 15 is 0 Å². The molecule has 0 spiro atoms. The third-order valence-corrected chi connectivity index (χ3v) is 7.43. The van der Waals surface area contributed by atoms with E-state index in [0.29, 0.717) is 0 Å². The fourth-order valence-corrected chi connectivity index (χ4v) is 5.44. The molecule has 1 N–H and O–H groups in total. The van der Waals surface area contributed by atoms with Crippen LogP contribution in [0.3, 0.4) is 0 Å². The third kappa shape index (κ3) is 5.69. The highest BCUT2D eigenvalue weighted by atomic mass is 32.1. The number of unbranched alkanes of at least 4 members (excludes halogenated alkanes) is 2. The van der Waals surface area contributed by atoms with Gasteiger partial charge in [0.15, 0.2) is 0 Å². The van der Waals surface area contributed by atoms with Crippen LogP contribution in [0.15, 0.2) is 24.3 Å². The summed E-state index contributed by atoms with van der Waals surface area (Å²) in [4.78, 5) is 5.15. The summed E-state index contributed by atoms with van der Waals surface area (Å²) in [5.74, 6) is 2.10. The van der Waals surface area contributed by atoms with Gasteiger partial charge in [0.25, 0.3) is 0 Å². The van der Waals surface area contributed by atoms with Crippen molar-refractivity contribution in [1.29, 1.82) is 0 Å². The number of hydrazine groups is 1. The molecule has 2 saturated heterocycles. The Kier molecular flexibility index (Phi) is 7.77. The number of nitrogens with zero attached hydrogens (tertiary/aromatic N) is 4. The first-order valence-corrected chi connectivity index (χ1v) is 12.4. The van der Waals surface area contributed by atoms with Gasteiger partial charge in [-0.1, -0.05) is 31.9 Å². The molecule has 1 aromatic heterocycles. The fourth-order valence-electron chi connectivity index (χ4n) is 4.64. The number of anilines is 1. The van der Waals surface area contributed by atoms with E-state index in [0.717, 1.165) is 25.6 Å². The summed E-state index contributed by atoms with van der Waals surface area (Å²) in [6.45, 7) is 11.7. The zero-order valence-corrected chi connectivity index (χ0v) is 18.8. The van der Waals surface area contributed by atoms with E-state index in [9.17, 15) is 0 Å². The highest BCUT2D eigenvalue weighted by Crippen LogP contribution is 2.30. The van der Waals surface area contributed by atoms with Crippen molar-refractivity contribution in [3.05, 3.63) is 24.3 Å². The van der Waals surface area contributed by atoms with Gasteiger partial charge in [-0.25, -0.2) is 5.01 Å². The summed E-state index contributed by atoms with van der Waals surface area (Å²) in [6.07, 6.45) is 8.02. The Morgan fingerprint density at radius 3 is 2.62 bits per heavy atom. The van der Waals surface area contributed by atoms with Crippen LogP contribution in [0.5, 0.6) is 0 Å². The second kappa shape index (κ2) is 10.7. The molecule has 0 atom stereocenters. The summed E-state index contributed by atoms with van der Waals surface area (Å²) in [6, 6.07) is 8.63. The molecule has 2 aromatic rings. The highest BCUT2D eigenvalue weighted by molar-refractivity contribution is 7.13. The van der Waals surface area contributed by atoms with E-state index in [1.165, 1.54) is 87.2 Å². The standard InChI is InChI=1S/C23H37N5S/c1-2-3-6-12-24-28-14-10-20(11-15-28)9-13-26-16-18-27(19-17-26)23-21-7-4-5-8-22(21)29-25-23/h4-5,7-8,20,24H,2-3,6,9-19H2,1H3. The van der Waals surface area contributed by atoms with Crippen molar-refractivity contribution in [3.8, 4) is 0 Å². The first-order chi connectivity index (χ1) is 14.3. The largest absolute Gasteiger partial charge is 0.353 e. The quantitative estimate of drug-likeness (QED) is 0.621. The van der Waals surface area contributed by atoms with E-state index < -0.39 is 0 Å². The first-order valence-electron chi connectivity index (χ1n) is 11.6. The maximum Gasteiger partial charge on any atom is 0.150 e. The summed E-state index contributed by atoms with van der Waals surface area (Å²) in [7, 11) is 0. The minimum Gasteiger partial charge on any atom is -0.353 e. The number of piperidine rings is 1. The Morgan fingerprint density at radius 1 is 1.03 bits per heavy atom. The molecule has 0 amide bonds. The molecule has 2 aliphatic rings. The summed E-state index contributed by atoms with van der Waals surface area (Å²) in [5.41, 5.74) is 3.63. The van der Waals surface area contributed by atoms with Crippen LogP contribution in [0.4, 0.5) is 5.82 Å². The highest BCUT2D eigenvalue weighted by Gasteiger charge is 2.23. The molecule has 29 heavy (non-hydrogen) atoms. The zero-order valence-electron chi connectivity index (χ0n) is 18.0. The Hall–Kier alpha value is -1.21. The van der Waals surface area contributed by atoms with Crippen molar-refractivity contribution in [3.63, 3.8) is 0 Å². The summed E-state index contributed by atoms with van der Waals surface area (Å²) < 4.78 is 6.04. The number of hydrogen-bond donors (Lipinski definition) is 1. The van der Waals surface area contributed by atoms with Gasteiger partial charge in [-0.2, -0.15) is 4.37 Å². The second-order valence-electron chi connectivity index (χ2n) is 8.67. The van der Waals surface area contributed by atoms with Crippen LogP contribution in [0.2, 0.25) is 0 Å². The molecule has 0 unspecified atom stereocenters. The molecule has 0 aliphatic carbocycles. The van der Waals surface area contributed by atoms with Crippen molar-refractivity contribution in [1.82, 2.24) is 19.7 Å². The molecule has 160 valence electrons. The lowest BCUT2D eigenvalue weighted by Gasteiger charge is -2.37. The first kappa shape index (κ1) is 21.0. The van der Waals surface area contributed by atoms with E-state index in [1.54, 1.807) is 11.5 Å². The van der Waals surface area contributed by atoms with Crippen molar-refractivity contribution < 1.29 is 0 Å². The van der Waals surface area contributed by atoms with E-state index in [1.807, 2.05) is 0 Å². The molecular weight excluding hydrogens is 378 g/mol. The van der Waals surface area contributed by atoms with Crippen LogP contribution in [0.25, 0.3) is 10.1 Å². The molecule has 3 heterocycles. The van der Waals surface area contributed by atoms with Gasteiger partial charge in [-0.3, -0.25) is 10.3 Å². The number of benzene rings is 1. The van der Waals surface area contributed by atoms with Gasteiger partial charge >= 0.3 is 0 Å². The van der Waals surface area contributed by atoms with Crippen LogP contribution in [-0.4, -0.2) is 66.6 Å². The number of hydrogen-bond acceptors (Lipinski definition) is 6. The molecular formula is C23H37N5S. The molecule has 6 heteroatoms. The maximum atomic E-state index is 4.74. The smallest absolute Gasteiger partial charge is 0.150 e. The van der Waals surface area contributed by atoms with Gasteiger partial charge in [0.1, 0.15) is 5.82 Å². The van der Waals surface area contributed by atoms with E-state index in [2.05, 4.69) is 51.4 Å². The molecule has 0 saturated carbocycles. The number of rotatable bonds is 9. The number of aromatic nitrogens is 1. The number of nitrogens with one attached hydrogen (secondary N) is 1. The second-order valence-corrected chi connectivity index (χ2v) is 9.47. The maximum absolute atomic E-state index is 4.74. The summed E-state index contributed by atoms with van der Waals surface area (Å²) >= 11 is 1.63. The lowest BCUT2D eigenvalue weighted by Crippen LogP contribution is -2.47. The topological polar surface area (TPSA) is 34.6 Å². The number of fused-ring (bicyclic) bond motifs is 1. The Balaban J connectivity index is 1.14. The Labute approximate surface area is 180 Å². The van der Waals surface area contributed by atoms with Crippen molar-refractivity contribution in [2.24, 2.45) is 5.92 Å². The molecule has 1 aromatic carbocycles. The monoisotopic (exact) mass is 415 g/mol. The molecule has 2 fully saturated rings. The predicted molar refractivity (Wildman–Crippen MR) is 125 cm³/mol. The van der Waals surface area contributed by atoms with Gasteiger partial charge in [-0.05, 0) is 61.8 Å². The van der Waals surface area contributed by atoms with Gasteiger partial charge < -0.3 is 4.90 Å². The normalized spacial score (nSPS) is 20.0. The van der Waals surface area contributed by atoms with Gasteiger partial charge in [-0.15, -0.1) is 0 Å². The molecule has 4 rings (SSSR count). The minimum atomic E-state index is 0.907. The average Bonchev–Trinajstić information content (AvgIpc) is 3.21. The van der Waals surface area contributed by atoms with Crippen LogP contribution in [0, 0.1) is 5.92 Å². The van der Waals surface area contributed by atoms with Gasteiger partial charge in [0, 0.05) is 51.2 Å². The fraction of sp³-hybridized carbons (Fsp3) is 0.696. The Morgan fingerprint density at radius 2 is 1.83 bits per heavy atom. The van der Waals surface area contributed by atoms with E-state index in [4.69, 9.17) is 4.37 Å². The van der Waals surface area contributed by atoms with Crippen LogP contribution in [0.1, 0.15) is 45.4 Å². The van der Waals surface area contributed by atoms with Crippen LogP contribution < -0.4 is 10.3 Å². The third-order valence-electron chi connectivity index (χ3n) is 6.61. The lowest BCUT2D eigenvalue weighted by atomic mass is 9.94. The lowest BCUT2D eigenvalue weighted by molar-refractivity contribution is 0.113. The SMILES string of the molecule is CCCCCNN1CCC(CCN2CCN(c3nsc4ccccc34)CC2)CC1. The van der Waals surface area contributed by atoms with Gasteiger partial charge in [0.2, 0.25) is 0 Å². The van der Waals surface area contributed by atoms with Crippen molar-refractivity contribution in [2.75, 3.05) is 57.3 Å². The van der Waals surface area contributed by atoms with Crippen molar-refractivity contribution >= 4 is 27.4 Å². The minimum absolute atomic E-state index is 0.907. The van der Waals surface area contributed by atoms with Gasteiger partial charge in [0.05, 0.1) is 4.70 Å².